The molecule has 0 amide bonds. The first-order valence-electron chi connectivity index (χ1n) is 8.39. The van der Waals surface area contributed by atoms with Gasteiger partial charge in [0.1, 0.15) is 0 Å². The van der Waals surface area contributed by atoms with Gasteiger partial charge in [0, 0.05) is 5.41 Å². The van der Waals surface area contributed by atoms with Crippen LogP contribution in [0, 0.1) is 11.3 Å². The summed E-state index contributed by atoms with van der Waals surface area (Å²) in [6, 6.07) is 10.5. The van der Waals surface area contributed by atoms with Crippen molar-refractivity contribution in [2.45, 2.75) is 64.4 Å². The Balaban J connectivity index is 2.08. The molecule has 1 aromatic carbocycles. The van der Waals surface area contributed by atoms with E-state index in [1.54, 1.807) is 0 Å². The van der Waals surface area contributed by atoms with Gasteiger partial charge in [0.05, 0.1) is 5.60 Å². The fraction of sp³-hybridized carbons (Fsp3) is 0.600. The first-order chi connectivity index (χ1) is 9.99. The zero-order chi connectivity index (χ0) is 15.3. The van der Waals surface area contributed by atoms with Gasteiger partial charge in [0.15, 0.2) is 0 Å². The van der Waals surface area contributed by atoms with E-state index >= 15 is 0 Å². The lowest BCUT2D eigenvalue weighted by Gasteiger charge is -2.48. The molecule has 0 unspecified atom stereocenters. The summed E-state index contributed by atoms with van der Waals surface area (Å²) >= 11 is 0. The van der Waals surface area contributed by atoms with E-state index in [2.05, 4.69) is 37.8 Å². The van der Waals surface area contributed by atoms with Crippen molar-refractivity contribution in [3.63, 3.8) is 0 Å². The van der Waals surface area contributed by atoms with Gasteiger partial charge in [0.25, 0.3) is 0 Å². The van der Waals surface area contributed by atoms with Crippen molar-refractivity contribution in [2.75, 3.05) is 0 Å². The number of aryl methyl sites for hydroxylation is 1. The minimum atomic E-state index is -0.702. The highest BCUT2D eigenvalue weighted by molar-refractivity contribution is 5.16. The monoisotopic (exact) mass is 286 g/mol. The molecule has 0 heterocycles. The molecule has 1 fully saturated rings. The number of rotatable bonds is 6. The van der Waals surface area contributed by atoms with Crippen LogP contribution in [0.5, 0.6) is 0 Å². The molecule has 2 rings (SSSR count). The summed E-state index contributed by atoms with van der Waals surface area (Å²) in [4.78, 5) is 0. The summed E-state index contributed by atoms with van der Waals surface area (Å²) in [6.45, 7) is 8.28. The molecule has 0 spiro atoms. The van der Waals surface area contributed by atoms with Crippen molar-refractivity contribution in [3.05, 3.63) is 48.6 Å². The van der Waals surface area contributed by atoms with Crippen LogP contribution in [-0.4, -0.2) is 10.7 Å². The summed E-state index contributed by atoms with van der Waals surface area (Å²) in [7, 11) is 0. The Morgan fingerprint density at radius 3 is 2.33 bits per heavy atom. The molecule has 1 aliphatic rings. The van der Waals surface area contributed by atoms with Crippen LogP contribution in [0.4, 0.5) is 0 Å². The first-order valence-corrected chi connectivity index (χ1v) is 8.39. The summed E-state index contributed by atoms with van der Waals surface area (Å²) in [5.41, 5.74) is 0.405. The van der Waals surface area contributed by atoms with Gasteiger partial charge in [-0.25, -0.2) is 0 Å². The summed E-state index contributed by atoms with van der Waals surface area (Å²) in [6.07, 6.45) is 10.1. The molecule has 0 radical (unpaired) electrons. The maximum absolute atomic E-state index is 11.2. The highest BCUT2D eigenvalue weighted by Gasteiger charge is 2.46. The van der Waals surface area contributed by atoms with E-state index in [1.165, 1.54) is 37.7 Å². The van der Waals surface area contributed by atoms with Crippen LogP contribution in [0.3, 0.4) is 0 Å². The van der Waals surface area contributed by atoms with E-state index in [1.807, 2.05) is 19.1 Å². The molecule has 1 nitrogen and oxygen atoms in total. The van der Waals surface area contributed by atoms with E-state index in [9.17, 15) is 5.11 Å². The van der Waals surface area contributed by atoms with Gasteiger partial charge in [-0.05, 0) is 44.1 Å². The molecule has 0 bridgehead atoms. The van der Waals surface area contributed by atoms with Gasteiger partial charge >= 0.3 is 0 Å². The Bertz CT molecular complexity index is 442. The first kappa shape index (κ1) is 16.3. The van der Waals surface area contributed by atoms with E-state index in [4.69, 9.17) is 0 Å². The smallest absolute Gasteiger partial charge is 0.0713 e. The Hall–Kier alpha value is -1.08. The van der Waals surface area contributed by atoms with Crippen molar-refractivity contribution in [3.8, 4) is 0 Å². The SMILES string of the molecule is C=C[C@](C)(C1CCCCC1)[C@](C)(O)CCc1ccccc1. The minimum absolute atomic E-state index is 0.192. The molecule has 21 heavy (non-hydrogen) atoms. The predicted molar refractivity (Wildman–Crippen MR) is 90.3 cm³/mol. The quantitative estimate of drug-likeness (QED) is 0.718. The van der Waals surface area contributed by atoms with Crippen LogP contribution in [-0.2, 0) is 6.42 Å². The molecule has 0 aliphatic heterocycles. The van der Waals surface area contributed by atoms with Crippen LogP contribution in [0.1, 0.15) is 57.9 Å². The number of aliphatic hydroxyl groups is 1. The topological polar surface area (TPSA) is 20.2 Å². The van der Waals surface area contributed by atoms with Crippen LogP contribution in [0.2, 0.25) is 0 Å². The molecule has 1 N–H and O–H groups in total. The van der Waals surface area contributed by atoms with Gasteiger partial charge < -0.3 is 5.11 Å². The van der Waals surface area contributed by atoms with Crippen molar-refractivity contribution in [1.82, 2.24) is 0 Å². The van der Waals surface area contributed by atoms with Gasteiger partial charge in [-0.1, -0.05) is 62.6 Å². The van der Waals surface area contributed by atoms with Crippen molar-refractivity contribution in [2.24, 2.45) is 11.3 Å². The molecule has 116 valence electrons. The number of benzene rings is 1. The molecule has 2 atom stereocenters. The van der Waals surface area contributed by atoms with Crippen molar-refractivity contribution >= 4 is 0 Å². The second-order valence-corrected chi connectivity index (χ2v) is 7.08. The fourth-order valence-corrected chi connectivity index (χ4v) is 3.83. The third-order valence-corrected chi connectivity index (χ3v) is 5.78. The number of hydrogen-bond donors (Lipinski definition) is 1. The zero-order valence-electron chi connectivity index (χ0n) is 13.6. The molecular formula is C20H30O. The largest absolute Gasteiger partial charge is 0.389 e. The van der Waals surface area contributed by atoms with Crippen molar-refractivity contribution < 1.29 is 5.11 Å². The lowest BCUT2D eigenvalue weighted by molar-refractivity contribution is -0.0777. The van der Waals surface area contributed by atoms with Crippen LogP contribution >= 0.6 is 0 Å². The second kappa shape index (κ2) is 6.79. The third kappa shape index (κ3) is 3.58. The van der Waals surface area contributed by atoms with Gasteiger partial charge in [-0.2, -0.15) is 0 Å². The molecule has 1 saturated carbocycles. The van der Waals surface area contributed by atoms with Gasteiger partial charge in [0.2, 0.25) is 0 Å². The van der Waals surface area contributed by atoms with E-state index in [-0.39, 0.29) is 5.41 Å². The Morgan fingerprint density at radius 2 is 1.76 bits per heavy atom. The molecule has 0 saturated heterocycles. The Labute approximate surface area is 130 Å². The molecule has 1 heteroatoms. The normalized spacial score (nSPS) is 22.2. The maximum atomic E-state index is 11.2. The molecule has 0 aromatic heterocycles. The van der Waals surface area contributed by atoms with Crippen molar-refractivity contribution in [1.29, 1.82) is 0 Å². The van der Waals surface area contributed by atoms with Crippen LogP contribution in [0.25, 0.3) is 0 Å². The summed E-state index contributed by atoms with van der Waals surface area (Å²) in [5, 5.41) is 11.2. The van der Waals surface area contributed by atoms with Crippen LogP contribution in [0.15, 0.2) is 43.0 Å². The molecule has 1 aliphatic carbocycles. The highest BCUT2D eigenvalue weighted by atomic mass is 16.3. The lowest BCUT2D eigenvalue weighted by Crippen LogP contribution is -2.48. The summed E-state index contributed by atoms with van der Waals surface area (Å²) < 4.78 is 0. The Kier molecular flexibility index (Phi) is 5.27. The predicted octanol–water partition coefficient (Wildman–Crippen LogP) is 5.14. The minimum Gasteiger partial charge on any atom is -0.389 e. The fourth-order valence-electron chi connectivity index (χ4n) is 3.83. The van der Waals surface area contributed by atoms with E-state index in [0.29, 0.717) is 5.92 Å². The van der Waals surface area contributed by atoms with Gasteiger partial charge in [-0.15, -0.1) is 6.58 Å². The Morgan fingerprint density at radius 1 is 1.14 bits per heavy atom. The number of hydrogen-bond acceptors (Lipinski definition) is 1. The highest BCUT2D eigenvalue weighted by Crippen LogP contribution is 2.48. The third-order valence-electron chi connectivity index (χ3n) is 5.78. The van der Waals surface area contributed by atoms with E-state index in [0.717, 1.165) is 12.8 Å². The van der Waals surface area contributed by atoms with E-state index < -0.39 is 5.60 Å². The second-order valence-electron chi connectivity index (χ2n) is 7.08. The average molecular weight is 286 g/mol. The summed E-state index contributed by atoms with van der Waals surface area (Å²) in [5.74, 6) is 0.564. The maximum Gasteiger partial charge on any atom is 0.0713 e. The standard InChI is InChI=1S/C20H30O/c1-4-19(2,18-13-9-6-10-14-18)20(3,21)16-15-17-11-7-5-8-12-17/h4-5,7-8,11-12,18,21H,1,6,9-10,13-16H2,2-3H3/t19-,20-/m1/s1. The lowest BCUT2D eigenvalue weighted by atomic mass is 9.60. The molecule has 1 aromatic rings. The average Bonchev–Trinajstić information content (AvgIpc) is 2.54. The zero-order valence-corrected chi connectivity index (χ0v) is 13.6. The van der Waals surface area contributed by atoms with Gasteiger partial charge in [-0.3, -0.25) is 0 Å². The molecular weight excluding hydrogens is 256 g/mol. The van der Waals surface area contributed by atoms with Crippen LogP contribution < -0.4 is 0 Å².